The minimum absolute atomic E-state index is 0.0350. The van der Waals surface area contributed by atoms with E-state index in [1.54, 1.807) is 24.0 Å². The minimum Gasteiger partial charge on any atom is -0.428 e. The summed E-state index contributed by atoms with van der Waals surface area (Å²) in [6.07, 6.45) is 4.23. The molecule has 1 N–H and O–H groups in total. The van der Waals surface area contributed by atoms with Crippen LogP contribution in [0.3, 0.4) is 0 Å². The molecule has 4 rings (SSSR count). The molecule has 1 aliphatic carbocycles. The Labute approximate surface area is 149 Å². The normalized spacial score (nSPS) is 16.9. The van der Waals surface area contributed by atoms with E-state index in [0.29, 0.717) is 41.3 Å². The Kier molecular flexibility index (Phi) is 3.82. The Hall–Kier alpha value is -3.03. The summed E-state index contributed by atoms with van der Waals surface area (Å²) in [5, 5.41) is 6.73. The molecule has 0 radical (unpaired) electrons. The first kappa shape index (κ1) is 16.4. The number of carbonyl (C=O) groups excluding carboxylic acids is 2. The van der Waals surface area contributed by atoms with Crippen LogP contribution in [0.1, 0.15) is 46.9 Å². The van der Waals surface area contributed by atoms with E-state index < -0.39 is 5.91 Å². The fraction of sp³-hybridized carbons (Fsp3) is 0.389. The lowest BCUT2D eigenvalue weighted by Gasteiger charge is -2.22. The molecule has 1 atom stereocenters. The Bertz CT molecular complexity index is 1020. The largest absolute Gasteiger partial charge is 0.428 e. The maximum absolute atomic E-state index is 12.5. The van der Waals surface area contributed by atoms with Crippen LogP contribution in [0.25, 0.3) is 11.0 Å². The highest BCUT2D eigenvalue weighted by atomic mass is 16.4. The van der Waals surface area contributed by atoms with Crippen LogP contribution in [-0.2, 0) is 13.5 Å². The third-order valence-electron chi connectivity index (χ3n) is 4.88. The van der Waals surface area contributed by atoms with Gasteiger partial charge in [0.1, 0.15) is 17.0 Å². The van der Waals surface area contributed by atoms with E-state index >= 15 is 0 Å². The van der Waals surface area contributed by atoms with Crippen LogP contribution in [0.2, 0.25) is 0 Å². The molecule has 26 heavy (non-hydrogen) atoms. The average Bonchev–Trinajstić information content (AvgIpc) is 3.18. The monoisotopic (exact) mass is 353 g/mol. The number of nitrogens with zero attached hydrogens (tertiary/aromatic N) is 4. The summed E-state index contributed by atoms with van der Waals surface area (Å²) in [6, 6.07) is 1.75. The van der Waals surface area contributed by atoms with E-state index in [4.69, 9.17) is 4.42 Å². The predicted octanol–water partition coefficient (Wildman–Crippen LogP) is 2.61. The van der Waals surface area contributed by atoms with Crippen LogP contribution in [-0.4, -0.2) is 31.4 Å². The smallest absolute Gasteiger partial charge is 0.302 e. The van der Waals surface area contributed by atoms with Crippen molar-refractivity contribution in [1.29, 1.82) is 0 Å². The molecule has 1 unspecified atom stereocenters. The fourth-order valence-corrected chi connectivity index (χ4v) is 3.20. The third kappa shape index (κ3) is 2.77. The van der Waals surface area contributed by atoms with Crippen molar-refractivity contribution in [2.75, 3.05) is 5.32 Å². The number of ketones is 1. The van der Waals surface area contributed by atoms with Crippen molar-refractivity contribution in [3.8, 4) is 0 Å². The molecule has 3 aromatic heterocycles. The van der Waals surface area contributed by atoms with E-state index in [9.17, 15) is 9.59 Å². The Morgan fingerprint density at radius 1 is 1.35 bits per heavy atom. The van der Waals surface area contributed by atoms with E-state index in [1.165, 1.54) is 6.20 Å². The number of aryl methyl sites for hydroxylation is 1. The van der Waals surface area contributed by atoms with Gasteiger partial charge in [0.25, 0.3) is 5.91 Å². The SMILES string of the molecule is CC(C)C1CC(=O)c2nc(NC(=O)c3cnc4cnn(C)c4c3)oc2C1. The maximum atomic E-state index is 12.5. The van der Waals surface area contributed by atoms with E-state index in [1.807, 2.05) is 0 Å². The number of fused-ring (bicyclic) bond motifs is 2. The van der Waals surface area contributed by atoms with Gasteiger partial charge in [-0.05, 0) is 17.9 Å². The van der Waals surface area contributed by atoms with Gasteiger partial charge in [-0.3, -0.25) is 24.6 Å². The zero-order valence-electron chi connectivity index (χ0n) is 14.8. The summed E-state index contributed by atoms with van der Waals surface area (Å²) >= 11 is 0. The summed E-state index contributed by atoms with van der Waals surface area (Å²) in [7, 11) is 1.78. The van der Waals surface area contributed by atoms with Crippen molar-refractivity contribution >= 4 is 28.7 Å². The van der Waals surface area contributed by atoms with Crippen molar-refractivity contribution in [3.05, 3.63) is 35.5 Å². The summed E-state index contributed by atoms with van der Waals surface area (Å²) in [4.78, 5) is 33.2. The topological polar surface area (TPSA) is 103 Å². The second-order valence-electron chi connectivity index (χ2n) is 6.98. The number of anilines is 1. The number of aromatic nitrogens is 4. The van der Waals surface area contributed by atoms with Crippen molar-refractivity contribution in [1.82, 2.24) is 19.7 Å². The molecule has 1 amide bonds. The first-order valence-corrected chi connectivity index (χ1v) is 8.54. The molecule has 0 aromatic carbocycles. The molecule has 0 spiro atoms. The van der Waals surface area contributed by atoms with Gasteiger partial charge in [0.15, 0.2) is 5.78 Å². The molecule has 0 fully saturated rings. The number of pyridine rings is 1. The molecule has 0 saturated heterocycles. The average molecular weight is 353 g/mol. The van der Waals surface area contributed by atoms with Gasteiger partial charge in [-0.2, -0.15) is 10.1 Å². The number of amides is 1. The van der Waals surface area contributed by atoms with Gasteiger partial charge in [-0.15, -0.1) is 0 Å². The van der Waals surface area contributed by atoms with Crippen molar-refractivity contribution in [2.45, 2.75) is 26.7 Å². The zero-order valence-corrected chi connectivity index (χ0v) is 14.8. The number of hydrogen-bond donors (Lipinski definition) is 1. The molecule has 3 heterocycles. The fourth-order valence-electron chi connectivity index (χ4n) is 3.20. The molecule has 8 nitrogen and oxygen atoms in total. The molecule has 0 saturated carbocycles. The summed E-state index contributed by atoms with van der Waals surface area (Å²) in [5.74, 6) is 0.740. The van der Waals surface area contributed by atoms with Gasteiger partial charge < -0.3 is 4.42 Å². The maximum Gasteiger partial charge on any atom is 0.302 e. The van der Waals surface area contributed by atoms with Gasteiger partial charge in [-0.1, -0.05) is 13.8 Å². The van der Waals surface area contributed by atoms with Gasteiger partial charge in [0.2, 0.25) is 0 Å². The first-order valence-electron chi connectivity index (χ1n) is 8.54. The van der Waals surface area contributed by atoms with Crippen LogP contribution in [0, 0.1) is 11.8 Å². The summed E-state index contributed by atoms with van der Waals surface area (Å²) < 4.78 is 7.29. The molecule has 8 heteroatoms. The third-order valence-corrected chi connectivity index (χ3v) is 4.88. The zero-order chi connectivity index (χ0) is 18.4. The van der Waals surface area contributed by atoms with Crippen LogP contribution in [0.15, 0.2) is 22.9 Å². The van der Waals surface area contributed by atoms with Crippen LogP contribution in [0.5, 0.6) is 0 Å². The molecule has 0 bridgehead atoms. The molecule has 1 aliphatic rings. The Balaban J connectivity index is 1.57. The Morgan fingerprint density at radius 3 is 2.92 bits per heavy atom. The van der Waals surface area contributed by atoms with Crippen LogP contribution < -0.4 is 5.32 Å². The molecular formula is C18H19N5O3. The number of Topliss-reactive ketones (excluding diaryl/α,β-unsaturated/α-hetero) is 1. The van der Waals surface area contributed by atoms with Crippen LogP contribution >= 0.6 is 0 Å². The first-order chi connectivity index (χ1) is 12.4. The molecule has 0 aliphatic heterocycles. The predicted molar refractivity (Wildman–Crippen MR) is 93.9 cm³/mol. The van der Waals surface area contributed by atoms with Gasteiger partial charge in [0, 0.05) is 26.1 Å². The highest BCUT2D eigenvalue weighted by molar-refractivity contribution is 6.05. The van der Waals surface area contributed by atoms with Gasteiger partial charge >= 0.3 is 6.01 Å². The number of rotatable bonds is 3. The Morgan fingerprint density at radius 2 is 2.15 bits per heavy atom. The van der Waals surface area contributed by atoms with Gasteiger partial charge in [-0.25, -0.2) is 0 Å². The second-order valence-corrected chi connectivity index (χ2v) is 6.98. The minimum atomic E-state index is -0.396. The molecular weight excluding hydrogens is 334 g/mol. The van der Waals surface area contributed by atoms with Crippen molar-refractivity contribution in [3.63, 3.8) is 0 Å². The number of nitrogens with one attached hydrogen (secondary N) is 1. The lowest BCUT2D eigenvalue weighted by molar-refractivity contribution is 0.0922. The highest BCUT2D eigenvalue weighted by Crippen LogP contribution is 2.31. The lowest BCUT2D eigenvalue weighted by Crippen LogP contribution is -2.23. The molecule has 134 valence electrons. The van der Waals surface area contributed by atoms with Crippen molar-refractivity contribution in [2.24, 2.45) is 18.9 Å². The number of carbonyl (C=O) groups is 2. The van der Waals surface area contributed by atoms with Crippen LogP contribution in [0.4, 0.5) is 6.01 Å². The standard InChI is InChI=1S/C18H19N5O3/c1-9(2)10-5-14(24)16-15(6-10)26-18(21-16)22-17(25)11-4-13-12(19-7-11)8-20-23(13)3/h4,7-10H,5-6H2,1-3H3,(H,21,22,25). The summed E-state index contributed by atoms with van der Waals surface area (Å²) in [6.45, 7) is 4.17. The van der Waals surface area contributed by atoms with Gasteiger partial charge in [0.05, 0.1) is 17.3 Å². The molecule has 3 aromatic rings. The summed E-state index contributed by atoms with van der Waals surface area (Å²) in [5.41, 5.74) is 2.15. The highest BCUT2D eigenvalue weighted by Gasteiger charge is 2.32. The number of oxazole rings is 1. The van der Waals surface area contributed by atoms with Crippen molar-refractivity contribution < 1.29 is 14.0 Å². The quantitative estimate of drug-likeness (QED) is 0.776. The van der Waals surface area contributed by atoms with E-state index in [-0.39, 0.29) is 17.7 Å². The lowest BCUT2D eigenvalue weighted by atomic mass is 9.82. The van der Waals surface area contributed by atoms with E-state index in [2.05, 4.69) is 34.2 Å². The number of hydrogen-bond acceptors (Lipinski definition) is 6. The second kappa shape index (κ2) is 6.05. The van der Waals surface area contributed by atoms with E-state index in [0.717, 1.165) is 5.52 Å².